The van der Waals surface area contributed by atoms with Crippen molar-refractivity contribution in [3.05, 3.63) is 58.1 Å². The number of hydrogen-bond acceptors (Lipinski definition) is 0. The van der Waals surface area contributed by atoms with Gasteiger partial charge in [-0.3, -0.25) is 0 Å². The van der Waals surface area contributed by atoms with Crippen molar-refractivity contribution in [2.75, 3.05) is 0 Å². The summed E-state index contributed by atoms with van der Waals surface area (Å²) in [5.41, 5.74) is 7.10. The van der Waals surface area contributed by atoms with E-state index >= 15 is 0 Å². The third kappa shape index (κ3) is 9.34. The van der Waals surface area contributed by atoms with E-state index in [9.17, 15) is 0 Å². The van der Waals surface area contributed by atoms with Crippen LogP contribution in [-0.4, -0.2) is 6.88 Å². The summed E-state index contributed by atoms with van der Waals surface area (Å²) >= 11 is 1.58. The molecule has 0 aliphatic rings. The number of hydrogen-bond donors (Lipinski definition) is 0. The minimum absolute atomic E-state index is 0. The Bertz CT molecular complexity index is 444. The molecule has 0 aliphatic heterocycles. The molecule has 2 aromatic carbocycles. The van der Waals surface area contributed by atoms with Crippen molar-refractivity contribution in [2.24, 2.45) is 0 Å². The molecular weight excluding hydrogens is 382 g/mol. The fraction of sp³-hybridized carbons (Fsp3) is 0.375. The number of rotatable bonds is 1. The molecule has 0 N–H and O–H groups in total. The van der Waals surface area contributed by atoms with Gasteiger partial charge in [0.2, 0.25) is 0 Å². The fourth-order valence-corrected chi connectivity index (χ4v) is 1.83. The Morgan fingerprint density at radius 2 is 1.55 bits per heavy atom. The van der Waals surface area contributed by atoms with Crippen LogP contribution in [0.25, 0.3) is 0 Å². The summed E-state index contributed by atoms with van der Waals surface area (Å²) in [5, 5.41) is 0. The number of halogens is 2. The molecule has 112 valence electrons. The van der Waals surface area contributed by atoms with Gasteiger partial charge in [-0.1, -0.05) is 41.0 Å². The summed E-state index contributed by atoms with van der Waals surface area (Å²) in [7, 11) is 0. The first kappa shape index (κ1) is 25.3. The maximum atomic E-state index is 2.21. The Labute approximate surface area is 153 Å². The second kappa shape index (κ2) is 14.3. The normalized spacial score (nSPS) is 8.15. The summed E-state index contributed by atoms with van der Waals surface area (Å²) in [6.07, 6.45) is 1.17. The summed E-state index contributed by atoms with van der Waals surface area (Å²) in [6, 6.07) is 10.8. The van der Waals surface area contributed by atoms with E-state index in [1.54, 1.807) is 23.3 Å². The molecule has 20 heavy (non-hydrogen) atoms. The van der Waals surface area contributed by atoms with E-state index < -0.39 is 0 Å². The van der Waals surface area contributed by atoms with Crippen LogP contribution in [0.5, 0.6) is 0 Å². The van der Waals surface area contributed by atoms with Gasteiger partial charge in [0.25, 0.3) is 0 Å². The average molecular weight is 407 g/mol. The van der Waals surface area contributed by atoms with Crippen LogP contribution in [-0.2, 0) is 29.8 Å². The van der Waals surface area contributed by atoms with Crippen LogP contribution in [0.1, 0.15) is 34.7 Å². The Hall–Kier alpha value is 0.380. The van der Waals surface area contributed by atoms with E-state index in [0.717, 1.165) is 0 Å². The molecule has 0 atom stereocenters. The van der Waals surface area contributed by atoms with Crippen LogP contribution in [0, 0.1) is 27.7 Å². The third-order valence-electron chi connectivity index (χ3n) is 3.05. The van der Waals surface area contributed by atoms with Crippen LogP contribution in [0.2, 0.25) is 0 Å². The molecule has 4 heteroatoms. The molecule has 0 aromatic heterocycles. The standard InChI is InChI=1S/C9H13.C7H9.2ClH.H2Si.Zr/c1-4-9-6-5-7(2)8(9)3;1-6-3-4-7(2)5-6;;;;/h5-6H,4H2,1-3H3;3-5H,1-2H3;2*1H;1H2;/q2*-1;;;;+2/p-2. The predicted octanol–water partition coefficient (Wildman–Crippen LogP) is -2.30. The van der Waals surface area contributed by atoms with Crippen molar-refractivity contribution in [2.45, 2.75) is 41.0 Å². The summed E-state index contributed by atoms with van der Waals surface area (Å²) in [6.45, 7) is 12.7. The van der Waals surface area contributed by atoms with Crippen molar-refractivity contribution in [3.63, 3.8) is 0 Å². The molecule has 0 nitrogen and oxygen atoms in total. The van der Waals surface area contributed by atoms with Gasteiger partial charge in [0.15, 0.2) is 0 Å². The molecule has 0 spiro atoms. The summed E-state index contributed by atoms with van der Waals surface area (Å²) in [4.78, 5) is 0. The van der Waals surface area contributed by atoms with Crippen LogP contribution in [0.3, 0.4) is 0 Å². The average Bonchev–Trinajstić information content (AvgIpc) is 2.90. The third-order valence-corrected chi connectivity index (χ3v) is 3.05. The zero-order valence-corrected chi connectivity index (χ0v) is 18.4. The second-order valence-corrected chi connectivity index (χ2v) is 4.49. The molecule has 0 radical (unpaired) electrons. The molecule has 0 bridgehead atoms. The van der Waals surface area contributed by atoms with E-state index in [1.165, 1.54) is 34.2 Å². The monoisotopic (exact) mass is 404 g/mol. The van der Waals surface area contributed by atoms with Gasteiger partial charge in [-0.05, 0) is 0 Å². The Morgan fingerprint density at radius 1 is 1.00 bits per heavy atom. The number of aryl methyl sites for hydroxylation is 4. The maximum absolute atomic E-state index is 2.21. The second-order valence-electron chi connectivity index (χ2n) is 4.49. The predicted molar refractivity (Wildman–Crippen MR) is 80.9 cm³/mol. The van der Waals surface area contributed by atoms with Crippen molar-refractivity contribution in [1.82, 2.24) is 0 Å². The Morgan fingerprint density at radius 3 is 1.70 bits per heavy atom. The van der Waals surface area contributed by atoms with Gasteiger partial charge in [0, 0.05) is 0 Å². The van der Waals surface area contributed by atoms with Crippen molar-refractivity contribution in [1.29, 1.82) is 0 Å². The summed E-state index contributed by atoms with van der Waals surface area (Å²) in [5.74, 6) is 0. The van der Waals surface area contributed by atoms with Gasteiger partial charge in [0.1, 0.15) is 0 Å². The van der Waals surface area contributed by atoms with Gasteiger partial charge in [-0.2, -0.15) is 46.5 Å². The first-order valence-electron chi connectivity index (χ1n) is 6.31. The van der Waals surface area contributed by atoms with E-state index in [-0.39, 0.29) is 24.8 Å². The van der Waals surface area contributed by atoms with Gasteiger partial charge in [-0.15, -0.1) is 0 Å². The van der Waals surface area contributed by atoms with Gasteiger partial charge in [-0.25, -0.2) is 11.6 Å². The van der Waals surface area contributed by atoms with Crippen LogP contribution >= 0.6 is 0 Å². The van der Waals surface area contributed by atoms with Crippen LogP contribution in [0.15, 0.2) is 30.3 Å². The van der Waals surface area contributed by atoms with Gasteiger partial charge in [0.05, 0.1) is 0 Å². The molecule has 0 unspecified atom stereocenters. The zero-order valence-electron chi connectivity index (χ0n) is 13.1. The van der Waals surface area contributed by atoms with E-state index in [1.807, 2.05) is 6.88 Å². The zero-order chi connectivity index (χ0) is 14.1. The molecule has 0 amide bonds. The van der Waals surface area contributed by atoms with E-state index in [2.05, 4.69) is 65.0 Å². The van der Waals surface area contributed by atoms with Crippen LogP contribution < -0.4 is 24.8 Å². The molecular formula is C16H24Cl2SiZr-2. The Balaban J connectivity index is -0.000000240. The molecule has 0 fully saturated rings. The van der Waals surface area contributed by atoms with Crippen molar-refractivity contribution in [3.8, 4) is 0 Å². The molecule has 2 aromatic rings. The molecule has 0 saturated carbocycles. The van der Waals surface area contributed by atoms with E-state index in [4.69, 9.17) is 0 Å². The SMILES string of the molecule is CCc1c[cH-]c(C)c1C.Cc1c[cH-]c(C)c1.[Cl-].[Cl-].[SiH2]=[Zr+2]. The summed E-state index contributed by atoms with van der Waals surface area (Å²) < 4.78 is 0. The quantitative estimate of drug-likeness (QED) is 0.369. The molecule has 0 saturated heterocycles. The molecule has 0 heterocycles. The van der Waals surface area contributed by atoms with Gasteiger partial charge >= 0.3 is 30.2 Å². The van der Waals surface area contributed by atoms with Gasteiger partial charge < -0.3 is 24.8 Å². The Kier molecular flexibility index (Phi) is 18.1. The minimum atomic E-state index is 0. The first-order valence-corrected chi connectivity index (χ1v) is 12.2. The van der Waals surface area contributed by atoms with Crippen molar-refractivity contribution < 1.29 is 48.1 Å². The van der Waals surface area contributed by atoms with Crippen molar-refractivity contribution >= 4 is 6.88 Å². The molecule has 2 rings (SSSR count). The topological polar surface area (TPSA) is 0 Å². The molecule has 0 aliphatic carbocycles. The van der Waals surface area contributed by atoms with Crippen LogP contribution in [0.4, 0.5) is 0 Å². The van der Waals surface area contributed by atoms with E-state index in [0.29, 0.717) is 0 Å². The fourth-order valence-electron chi connectivity index (χ4n) is 1.83. The first-order chi connectivity index (χ1) is 8.54.